The van der Waals surface area contributed by atoms with E-state index in [4.69, 9.17) is 11.6 Å². The lowest BCUT2D eigenvalue weighted by atomic mass is 10.0. The average Bonchev–Trinajstić information content (AvgIpc) is 2.25. The summed E-state index contributed by atoms with van der Waals surface area (Å²) in [7, 11) is 0. The van der Waals surface area contributed by atoms with Gasteiger partial charge in [0.2, 0.25) is 5.91 Å². The molecule has 0 aliphatic heterocycles. The average molecular weight is 258 g/mol. The van der Waals surface area contributed by atoms with Crippen LogP contribution in [-0.4, -0.2) is 28.8 Å². The minimum absolute atomic E-state index is 0.0132. The monoisotopic (exact) mass is 257 g/mol. The maximum atomic E-state index is 10.7. The van der Waals surface area contributed by atoms with Crippen LogP contribution in [0.5, 0.6) is 0 Å². The SMILES string of the molecule is CC(=O)NCC(O)C(O)c1ccc(C)cc1Cl. The minimum atomic E-state index is -1.12. The van der Waals surface area contributed by atoms with Crippen LogP contribution in [0, 0.1) is 6.92 Å². The molecule has 0 saturated heterocycles. The van der Waals surface area contributed by atoms with Crippen molar-refractivity contribution in [3.63, 3.8) is 0 Å². The molecule has 0 saturated carbocycles. The Morgan fingerprint density at radius 2 is 2.12 bits per heavy atom. The summed E-state index contributed by atoms with van der Waals surface area (Å²) in [6.45, 7) is 3.22. The van der Waals surface area contributed by atoms with Gasteiger partial charge >= 0.3 is 0 Å². The fourth-order valence-corrected chi connectivity index (χ4v) is 1.79. The third-order valence-electron chi connectivity index (χ3n) is 2.40. The van der Waals surface area contributed by atoms with E-state index in [1.807, 2.05) is 6.92 Å². The first-order chi connectivity index (χ1) is 7.91. The van der Waals surface area contributed by atoms with Crippen LogP contribution in [-0.2, 0) is 4.79 Å². The Kier molecular flexibility index (Phi) is 4.93. The molecule has 0 fully saturated rings. The van der Waals surface area contributed by atoms with Crippen molar-refractivity contribution in [1.82, 2.24) is 5.32 Å². The molecule has 2 unspecified atom stereocenters. The van der Waals surface area contributed by atoms with Crippen LogP contribution in [0.15, 0.2) is 18.2 Å². The standard InChI is InChI=1S/C12H16ClNO3/c1-7-3-4-9(10(13)5-7)12(17)11(16)6-14-8(2)15/h3-5,11-12,16-17H,6H2,1-2H3,(H,14,15). The van der Waals surface area contributed by atoms with Crippen LogP contribution >= 0.6 is 11.6 Å². The maximum absolute atomic E-state index is 10.7. The Bertz CT molecular complexity index is 409. The van der Waals surface area contributed by atoms with Gasteiger partial charge in [-0.05, 0) is 18.6 Å². The summed E-state index contributed by atoms with van der Waals surface area (Å²) < 4.78 is 0. The van der Waals surface area contributed by atoms with E-state index < -0.39 is 12.2 Å². The Morgan fingerprint density at radius 1 is 1.47 bits per heavy atom. The zero-order valence-corrected chi connectivity index (χ0v) is 10.5. The van der Waals surface area contributed by atoms with Crippen LogP contribution in [0.4, 0.5) is 0 Å². The number of hydrogen-bond acceptors (Lipinski definition) is 3. The van der Waals surface area contributed by atoms with Gasteiger partial charge in [-0.15, -0.1) is 0 Å². The smallest absolute Gasteiger partial charge is 0.216 e. The summed E-state index contributed by atoms with van der Waals surface area (Å²) in [5.74, 6) is -0.258. The number of aryl methyl sites for hydroxylation is 1. The molecule has 0 bridgehead atoms. The third-order valence-corrected chi connectivity index (χ3v) is 2.73. The number of aliphatic hydroxyl groups excluding tert-OH is 2. The molecule has 5 heteroatoms. The van der Waals surface area contributed by atoms with Gasteiger partial charge in [0, 0.05) is 24.1 Å². The highest BCUT2D eigenvalue weighted by atomic mass is 35.5. The molecule has 2 atom stereocenters. The number of nitrogens with one attached hydrogen (secondary N) is 1. The Labute approximate surface area is 105 Å². The molecule has 0 radical (unpaired) electrons. The third kappa shape index (κ3) is 4.00. The van der Waals surface area contributed by atoms with Gasteiger partial charge in [-0.25, -0.2) is 0 Å². The van der Waals surface area contributed by atoms with E-state index >= 15 is 0 Å². The summed E-state index contributed by atoms with van der Waals surface area (Å²) in [4.78, 5) is 10.7. The van der Waals surface area contributed by atoms with Gasteiger partial charge in [-0.1, -0.05) is 23.7 Å². The molecule has 0 aliphatic rings. The molecule has 1 aromatic carbocycles. The lowest BCUT2D eigenvalue weighted by Gasteiger charge is -2.19. The number of benzene rings is 1. The topological polar surface area (TPSA) is 69.6 Å². The number of hydrogen-bond donors (Lipinski definition) is 3. The molecular weight excluding hydrogens is 242 g/mol. The van der Waals surface area contributed by atoms with Crippen molar-refractivity contribution in [2.75, 3.05) is 6.54 Å². The van der Waals surface area contributed by atoms with Crippen molar-refractivity contribution < 1.29 is 15.0 Å². The summed E-state index contributed by atoms with van der Waals surface area (Å²) in [5.41, 5.74) is 1.43. The molecule has 1 aromatic rings. The largest absolute Gasteiger partial charge is 0.388 e. The van der Waals surface area contributed by atoms with E-state index in [-0.39, 0.29) is 12.5 Å². The molecular formula is C12H16ClNO3. The van der Waals surface area contributed by atoms with Crippen LogP contribution in [0.2, 0.25) is 5.02 Å². The van der Waals surface area contributed by atoms with Crippen LogP contribution in [0.1, 0.15) is 24.2 Å². The highest BCUT2D eigenvalue weighted by Gasteiger charge is 2.20. The number of aliphatic hydroxyl groups is 2. The van der Waals surface area contributed by atoms with Gasteiger partial charge < -0.3 is 15.5 Å². The Hall–Kier alpha value is -1.10. The highest BCUT2D eigenvalue weighted by Crippen LogP contribution is 2.26. The van der Waals surface area contributed by atoms with Gasteiger partial charge in [0.1, 0.15) is 12.2 Å². The highest BCUT2D eigenvalue weighted by molar-refractivity contribution is 6.31. The van der Waals surface area contributed by atoms with Crippen molar-refractivity contribution in [1.29, 1.82) is 0 Å². The van der Waals surface area contributed by atoms with Gasteiger partial charge in [-0.3, -0.25) is 4.79 Å². The lowest BCUT2D eigenvalue weighted by molar-refractivity contribution is -0.119. The number of rotatable bonds is 4. The van der Waals surface area contributed by atoms with Crippen molar-refractivity contribution in [2.24, 2.45) is 0 Å². The minimum Gasteiger partial charge on any atom is -0.388 e. The van der Waals surface area contributed by atoms with E-state index in [2.05, 4.69) is 5.32 Å². The number of carbonyl (C=O) groups is 1. The molecule has 17 heavy (non-hydrogen) atoms. The van der Waals surface area contributed by atoms with Crippen molar-refractivity contribution in [3.05, 3.63) is 34.3 Å². The summed E-state index contributed by atoms with van der Waals surface area (Å²) in [6.07, 6.45) is -2.20. The number of amides is 1. The zero-order chi connectivity index (χ0) is 13.0. The summed E-state index contributed by atoms with van der Waals surface area (Å²) in [6, 6.07) is 5.18. The Balaban J connectivity index is 2.74. The van der Waals surface area contributed by atoms with E-state index in [1.165, 1.54) is 6.92 Å². The van der Waals surface area contributed by atoms with E-state index in [0.29, 0.717) is 10.6 Å². The number of halogens is 1. The quantitative estimate of drug-likeness (QED) is 0.759. The first kappa shape index (κ1) is 14.0. The zero-order valence-electron chi connectivity index (χ0n) is 9.77. The molecule has 4 nitrogen and oxygen atoms in total. The molecule has 94 valence electrons. The van der Waals surface area contributed by atoms with Gasteiger partial charge in [0.05, 0.1) is 0 Å². The van der Waals surface area contributed by atoms with Gasteiger partial charge in [-0.2, -0.15) is 0 Å². The predicted molar refractivity (Wildman–Crippen MR) is 65.8 cm³/mol. The van der Waals surface area contributed by atoms with Gasteiger partial charge in [0.15, 0.2) is 0 Å². The Morgan fingerprint density at radius 3 is 2.65 bits per heavy atom. The second kappa shape index (κ2) is 6.00. The molecule has 0 aliphatic carbocycles. The maximum Gasteiger partial charge on any atom is 0.216 e. The van der Waals surface area contributed by atoms with E-state index in [9.17, 15) is 15.0 Å². The fourth-order valence-electron chi connectivity index (χ4n) is 1.44. The first-order valence-corrected chi connectivity index (χ1v) is 5.66. The molecule has 0 aromatic heterocycles. The van der Waals surface area contributed by atoms with Crippen molar-refractivity contribution in [3.8, 4) is 0 Å². The van der Waals surface area contributed by atoms with Crippen LogP contribution in [0.25, 0.3) is 0 Å². The molecule has 3 N–H and O–H groups in total. The second-order valence-corrected chi connectivity index (χ2v) is 4.38. The van der Waals surface area contributed by atoms with E-state index in [0.717, 1.165) is 5.56 Å². The van der Waals surface area contributed by atoms with E-state index in [1.54, 1.807) is 18.2 Å². The molecule has 1 amide bonds. The normalized spacial score (nSPS) is 14.2. The molecule has 0 spiro atoms. The fraction of sp³-hybridized carbons (Fsp3) is 0.417. The second-order valence-electron chi connectivity index (χ2n) is 3.97. The molecule has 1 rings (SSSR count). The van der Waals surface area contributed by atoms with Crippen molar-refractivity contribution >= 4 is 17.5 Å². The van der Waals surface area contributed by atoms with Crippen molar-refractivity contribution in [2.45, 2.75) is 26.1 Å². The molecule has 0 heterocycles. The summed E-state index contributed by atoms with van der Waals surface area (Å²) >= 11 is 5.97. The predicted octanol–water partition coefficient (Wildman–Crippen LogP) is 1.18. The first-order valence-electron chi connectivity index (χ1n) is 5.28. The van der Waals surface area contributed by atoms with Crippen LogP contribution in [0.3, 0.4) is 0 Å². The van der Waals surface area contributed by atoms with Crippen LogP contribution < -0.4 is 5.32 Å². The number of carbonyl (C=O) groups excluding carboxylic acids is 1. The summed E-state index contributed by atoms with van der Waals surface area (Å²) in [5, 5.41) is 22.4. The van der Waals surface area contributed by atoms with Gasteiger partial charge in [0.25, 0.3) is 0 Å². The lowest BCUT2D eigenvalue weighted by Crippen LogP contribution is -2.34.